The van der Waals surface area contributed by atoms with E-state index in [0.717, 1.165) is 31.4 Å². The molecule has 0 bridgehead atoms. The van der Waals surface area contributed by atoms with Crippen LogP contribution in [0, 0.1) is 0 Å². The first-order chi connectivity index (χ1) is 11.6. The lowest BCUT2D eigenvalue weighted by Gasteiger charge is -2.16. The number of halogens is 1. The summed E-state index contributed by atoms with van der Waals surface area (Å²) in [5, 5.41) is 3.58. The molecule has 0 radical (unpaired) electrons. The Balaban J connectivity index is 1.84. The predicted octanol–water partition coefficient (Wildman–Crippen LogP) is 3.34. The molecule has 1 heterocycles. The van der Waals surface area contributed by atoms with Crippen LogP contribution < -0.4 is 10.2 Å². The molecule has 0 atom stereocenters. The van der Waals surface area contributed by atoms with E-state index in [9.17, 15) is 4.79 Å². The molecular weight excluding hydrogens is 324 g/mol. The van der Waals surface area contributed by atoms with Gasteiger partial charge in [-0.15, -0.1) is 0 Å². The summed E-state index contributed by atoms with van der Waals surface area (Å²) in [5.41, 5.74) is 1.56. The van der Waals surface area contributed by atoms with Gasteiger partial charge in [0.2, 0.25) is 5.95 Å². The van der Waals surface area contributed by atoms with Crippen LogP contribution in [-0.4, -0.2) is 36.0 Å². The van der Waals surface area contributed by atoms with E-state index in [1.54, 1.807) is 12.4 Å². The van der Waals surface area contributed by atoms with Crippen LogP contribution >= 0.6 is 11.6 Å². The maximum absolute atomic E-state index is 12.1. The summed E-state index contributed by atoms with van der Waals surface area (Å²) in [5.74, 6) is 0.471. The standard InChI is InChI=1S/C18H23ClN4O/c1-3-4-10-23(2)18-21-12-15(13-22-18)17(24)20-9-8-14-6-5-7-16(19)11-14/h5-7,11-13H,3-4,8-10H2,1-2H3,(H,20,24). The first-order valence-corrected chi connectivity index (χ1v) is 8.53. The lowest BCUT2D eigenvalue weighted by molar-refractivity contribution is 0.0953. The zero-order valence-electron chi connectivity index (χ0n) is 14.1. The highest BCUT2D eigenvalue weighted by atomic mass is 35.5. The lowest BCUT2D eigenvalue weighted by atomic mass is 10.1. The fraction of sp³-hybridized carbons (Fsp3) is 0.389. The summed E-state index contributed by atoms with van der Waals surface area (Å²) in [6.45, 7) is 3.59. The Morgan fingerprint density at radius 2 is 2.04 bits per heavy atom. The Morgan fingerprint density at radius 3 is 2.71 bits per heavy atom. The Morgan fingerprint density at radius 1 is 1.29 bits per heavy atom. The first kappa shape index (κ1) is 18.2. The number of hydrogen-bond donors (Lipinski definition) is 1. The molecule has 24 heavy (non-hydrogen) atoms. The van der Waals surface area contributed by atoms with Gasteiger partial charge in [0.05, 0.1) is 5.56 Å². The minimum absolute atomic E-state index is 0.167. The summed E-state index contributed by atoms with van der Waals surface area (Å²) in [7, 11) is 1.95. The number of unbranched alkanes of at least 4 members (excludes halogenated alkanes) is 1. The molecule has 0 aliphatic heterocycles. The molecule has 0 saturated heterocycles. The van der Waals surface area contributed by atoms with Crippen LogP contribution in [0.3, 0.4) is 0 Å². The molecule has 0 spiro atoms. The molecule has 0 saturated carbocycles. The van der Waals surface area contributed by atoms with Crippen LogP contribution in [0.25, 0.3) is 0 Å². The average molecular weight is 347 g/mol. The highest BCUT2D eigenvalue weighted by Crippen LogP contribution is 2.11. The molecule has 1 amide bonds. The highest BCUT2D eigenvalue weighted by Gasteiger charge is 2.09. The summed E-state index contributed by atoms with van der Waals surface area (Å²) >= 11 is 5.95. The van der Waals surface area contributed by atoms with Crippen LogP contribution in [0.15, 0.2) is 36.7 Å². The molecule has 0 aliphatic rings. The van der Waals surface area contributed by atoms with E-state index in [-0.39, 0.29) is 5.91 Å². The quantitative estimate of drug-likeness (QED) is 0.796. The van der Waals surface area contributed by atoms with Crippen molar-refractivity contribution in [3.8, 4) is 0 Å². The molecule has 1 N–H and O–H groups in total. The monoisotopic (exact) mass is 346 g/mol. The summed E-state index contributed by atoms with van der Waals surface area (Å²) in [6, 6.07) is 7.63. The van der Waals surface area contributed by atoms with Gasteiger partial charge in [-0.25, -0.2) is 9.97 Å². The molecule has 2 aromatic rings. The highest BCUT2D eigenvalue weighted by molar-refractivity contribution is 6.30. The summed E-state index contributed by atoms with van der Waals surface area (Å²) < 4.78 is 0. The first-order valence-electron chi connectivity index (χ1n) is 8.16. The van der Waals surface area contributed by atoms with Crippen LogP contribution in [0.5, 0.6) is 0 Å². The SMILES string of the molecule is CCCCN(C)c1ncc(C(=O)NCCc2cccc(Cl)c2)cn1. The predicted molar refractivity (Wildman–Crippen MR) is 97.7 cm³/mol. The van der Waals surface area contributed by atoms with Crippen LogP contribution in [0.1, 0.15) is 35.7 Å². The zero-order valence-corrected chi connectivity index (χ0v) is 14.9. The van der Waals surface area contributed by atoms with E-state index in [2.05, 4.69) is 22.2 Å². The van der Waals surface area contributed by atoms with Gasteiger partial charge in [-0.05, 0) is 30.5 Å². The fourth-order valence-electron chi connectivity index (χ4n) is 2.25. The molecular formula is C18H23ClN4O. The largest absolute Gasteiger partial charge is 0.352 e. The summed E-state index contributed by atoms with van der Waals surface area (Å²) in [6.07, 6.45) is 6.08. The van der Waals surface area contributed by atoms with E-state index in [4.69, 9.17) is 11.6 Å². The van der Waals surface area contributed by atoms with Crippen LogP contribution in [0.2, 0.25) is 5.02 Å². The van der Waals surface area contributed by atoms with Crippen molar-refractivity contribution in [3.63, 3.8) is 0 Å². The van der Waals surface area contributed by atoms with Crippen molar-refractivity contribution in [1.29, 1.82) is 0 Å². The molecule has 0 fully saturated rings. The van der Waals surface area contributed by atoms with Crippen molar-refractivity contribution >= 4 is 23.5 Å². The van der Waals surface area contributed by atoms with Gasteiger partial charge in [0.1, 0.15) is 0 Å². The molecule has 6 heteroatoms. The van der Waals surface area contributed by atoms with Gasteiger partial charge < -0.3 is 10.2 Å². The van der Waals surface area contributed by atoms with Crippen molar-refractivity contribution in [2.24, 2.45) is 0 Å². The Bertz CT molecular complexity index is 660. The Hall–Kier alpha value is -2.14. The van der Waals surface area contributed by atoms with Gasteiger partial charge in [0.15, 0.2) is 0 Å². The van der Waals surface area contributed by atoms with Crippen molar-refractivity contribution in [2.45, 2.75) is 26.2 Å². The number of aromatic nitrogens is 2. The number of rotatable bonds is 8. The van der Waals surface area contributed by atoms with E-state index in [1.807, 2.05) is 36.2 Å². The second-order valence-corrected chi connectivity index (χ2v) is 6.12. The lowest BCUT2D eigenvalue weighted by Crippen LogP contribution is -2.26. The molecule has 0 aliphatic carbocycles. The second-order valence-electron chi connectivity index (χ2n) is 5.68. The third-order valence-corrected chi connectivity index (χ3v) is 3.91. The van der Waals surface area contributed by atoms with Crippen LogP contribution in [0.4, 0.5) is 5.95 Å². The molecule has 1 aromatic heterocycles. The third-order valence-electron chi connectivity index (χ3n) is 3.68. The molecule has 0 unspecified atom stereocenters. The van der Waals surface area contributed by atoms with Gasteiger partial charge in [-0.1, -0.05) is 37.1 Å². The zero-order chi connectivity index (χ0) is 17.4. The van der Waals surface area contributed by atoms with Gasteiger partial charge in [0, 0.05) is 37.6 Å². The van der Waals surface area contributed by atoms with Crippen molar-refractivity contribution in [2.75, 3.05) is 25.0 Å². The van der Waals surface area contributed by atoms with Gasteiger partial charge in [-0.2, -0.15) is 0 Å². The third kappa shape index (κ3) is 5.49. The Labute approximate surface area is 148 Å². The van der Waals surface area contributed by atoms with Crippen molar-refractivity contribution < 1.29 is 4.79 Å². The minimum Gasteiger partial charge on any atom is -0.352 e. The van der Waals surface area contributed by atoms with E-state index in [1.165, 1.54) is 0 Å². The van der Waals surface area contributed by atoms with E-state index >= 15 is 0 Å². The minimum atomic E-state index is -0.167. The second kappa shape index (κ2) is 9.23. The van der Waals surface area contributed by atoms with Gasteiger partial charge in [-0.3, -0.25) is 4.79 Å². The van der Waals surface area contributed by atoms with Crippen molar-refractivity contribution in [1.82, 2.24) is 15.3 Å². The number of nitrogens with zero attached hydrogens (tertiary/aromatic N) is 3. The number of amides is 1. The van der Waals surface area contributed by atoms with E-state index < -0.39 is 0 Å². The average Bonchev–Trinajstić information content (AvgIpc) is 2.60. The number of benzene rings is 1. The fourth-order valence-corrected chi connectivity index (χ4v) is 2.46. The van der Waals surface area contributed by atoms with E-state index in [0.29, 0.717) is 23.1 Å². The maximum atomic E-state index is 12.1. The maximum Gasteiger partial charge on any atom is 0.254 e. The molecule has 128 valence electrons. The number of nitrogens with one attached hydrogen (secondary N) is 1. The molecule has 1 aromatic carbocycles. The van der Waals surface area contributed by atoms with Gasteiger partial charge >= 0.3 is 0 Å². The number of carbonyl (C=O) groups is 1. The summed E-state index contributed by atoms with van der Waals surface area (Å²) in [4.78, 5) is 22.6. The molecule has 2 rings (SSSR count). The van der Waals surface area contributed by atoms with Gasteiger partial charge in [0.25, 0.3) is 5.91 Å². The normalized spacial score (nSPS) is 10.5. The van der Waals surface area contributed by atoms with Crippen molar-refractivity contribution in [3.05, 3.63) is 52.8 Å². The van der Waals surface area contributed by atoms with Crippen LogP contribution in [-0.2, 0) is 6.42 Å². The molecule has 5 nitrogen and oxygen atoms in total. The Kier molecular flexibility index (Phi) is 7.00. The number of hydrogen-bond acceptors (Lipinski definition) is 4. The smallest absolute Gasteiger partial charge is 0.254 e. The number of carbonyl (C=O) groups excluding carboxylic acids is 1. The number of anilines is 1. The topological polar surface area (TPSA) is 58.1 Å².